The van der Waals surface area contributed by atoms with E-state index >= 15 is 0 Å². The summed E-state index contributed by atoms with van der Waals surface area (Å²) in [7, 11) is 0. The first kappa shape index (κ1) is 17.3. The molecule has 4 aromatic rings. The molecule has 0 N–H and O–H groups in total. The Hall–Kier alpha value is -3.14. The van der Waals surface area contributed by atoms with E-state index in [0.29, 0.717) is 13.2 Å². The van der Waals surface area contributed by atoms with Gasteiger partial charge in [-0.3, -0.25) is 0 Å². The Balaban J connectivity index is 1.64. The average molecular weight is 360 g/mol. The maximum atomic E-state index is 13.3. The molecular formula is C23H21FN2O. The number of hydrogen-bond donors (Lipinski definition) is 0. The van der Waals surface area contributed by atoms with Gasteiger partial charge in [0.25, 0.3) is 0 Å². The Morgan fingerprint density at radius 3 is 2.56 bits per heavy atom. The first-order valence-electron chi connectivity index (χ1n) is 9.03. The van der Waals surface area contributed by atoms with E-state index in [9.17, 15) is 4.39 Å². The first-order chi connectivity index (χ1) is 13.1. The van der Waals surface area contributed by atoms with Gasteiger partial charge >= 0.3 is 0 Å². The fraction of sp³-hybridized carbons (Fsp3) is 0.174. The minimum atomic E-state index is -0.250. The van der Waals surface area contributed by atoms with Crippen LogP contribution in [0.2, 0.25) is 0 Å². The molecule has 1 aromatic heterocycles. The lowest BCUT2D eigenvalue weighted by atomic mass is 10.1. The highest BCUT2D eigenvalue weighted by Crippen LogP contribution is 2.25. The van der Waals surface area contributed by atoms with E-state index in [4.69, 9.17) is 9.72 Å². The molecule has 0 bridgehead atoms. The van der Waals surface area contributed by atoms with Crippen molar-refractivity contribution in [3.8, 4) is 17.1 Å². The molecule has 27 heavy (non-hydrogen) atoms. The van der Waals surface area contributed by atoms with Crippen LogP contribution in [0.1, 0.15) is 11.1 Å². The van der Waals surface area contributed by atoms with Crippen LogP contribution in [-0.4, -0.2) is 16.2 Å². The molecule has 0 unspecified atom stereocenters. The SMILES string of the molecule is Cc1ccc(C)c(OCCn2c(-c3ccc(F)cc3)nc3ccccc32)c1. The van der Waals surface area contributed by atoms with Gasteiger partial charge in [-0.2, -0.15) is 0 Å². The van der Waals surface area contributed by atoms with Crippen molar-refractivity contribution in [1.82, 2.24) is 9.55 Å². The minimum absolute atomic E-state index is 0.250. The van der Waals surface area contributed by atoms with E-state index in [1.165, 1.54) is 17.7 Å². The van der Waals surface area contributed by atoms with Crippen LogP contribution in [0, 0.1) is 19.7 Å². The zero-order valence-corrected chi connectivity index (χ0v) is 15.4. The molecule has 136 valence electrons. The Labute approximate surface area is 158 Å². The molecule has 0 aliphatic rings. The van der Waals surface area contributed by atoms with Crippen molar-refractivity contribution in [2.45, 2.75) is 20.4 Å². The van der Waals surface area contributed by atoms with Crippen LogP contribution in [0.15, 0.2) is 66.7 Å². The Kier molecular flexibility index (Phi) is 4.63. The Morgan fingerprint density at radius 2 is 1.74 bits per heavy atom. The zero-order valence-electron chi connectivity index (χ0n) is 15.4. The molecule has 0 amide bonds. The van der Waals surface area contributed by atoms with Crippen LogP contribution in [0.3, 0.4) is 0 Å². The number of rotatable bonds is 5. The normalized spacial score (nSPS) is 11.1. The molecule has 4 rings (SSSR count). The second kappa shape index (κ2) is 7.23. The summed E-state index contributed by atoms with van der Waals surface area (Å²) in [6.07, 6.45) is 0. The van der Waals surface area contributed by atoms with Crippen molar-refractivity contribution < 1.29 is 9.13 Å². The second-order valence-corrected chi connectivity index (χ2v) is 6.70. The number of halogens is 1. The van der Waals surface area contributed by atoms with Crippen LogP contribution >= 0.6 is 0 Å². The van der Waals surface area contributed by atoms with Crippen molar-refractivity contribution in [2.75, 3.05) is 6.61 Å². The molecule has 0 radical (unpaired) electrons. The van der Waals surface area contributed by atoms with Gasteiger partial charge in [0.2, 0.25) is 0 Å². The van der Waals surface area contributed by atoms with Gasteiger partial charge < -0.3 is 9.30 Å². The summed E-state index contributed by atoms with van der Waals surface area (Å²) >= 11 is 0. The molecule has 0 saturated carbocycles. The van der Waals surface area contributed by atoms with Gasteiger partial charge in [-0.05, 0) is 67.4 Å². The summed E-state index contributed by atoms with van der Waals surface area (Å²) in [6.45, 7) is 5.28. The molecule has 1 heterocycles. The van der Waals surface area contributed by atoms with E-state index in [2.05, 4.69) is 29.7 Å². The van der Waals surface area contributed by atoms with Gasteiger partial charge in [-0.25, -0.2) is 9.37 Å². The van der Waals surface area contributed by atoms with Crippen LogP contribution in [0.25, 0.3) is 22.4 Å². The van der Waals surface area contributed by atoms with Crippen LogP contribution < -0.4 is 4.74 Å². The van der Waals surface area contributed by atoms with Gasteiger partial charge in [-0.15, -0.1) is 0 Å². The van der Waals surface area contributed by atoms with Gasteiger partial charge in [0.05, 0.1) is 17.6 Å². The van der Waals surface area contributed by atoms with Crippen LogP contribution in [0.5, 0.6) is 5.75 Å². The third kappa shape index (κ3) is 3.56. The summed E-state index contributed by atoms with van der Waals surface area (Å²) in [6, 6.07) is 20.7. The highest BCUT2D eigenvalue weighted by molar-refractivity contribution is 5.80. The summed E-state index contributed by atoms with van der Waals surface area (Å²) < 4.78 is 21.5. The molecule has 4 heteroatoms. The summed E-state index contributed by atoms with van der Waals surface area (Å²) in [4.78, 5) is 4.75. The summed E-state index contributed by atoms with van der Waals surface area (Å²) in [5.41, 5.74) is 5.15. The number of ether oxygens (including phenoxy) is 1. The summed E-state index contributed by atoms with van der Waals surface area (Å²) in [5, 5.41) is 0. The highest BCUT2D eigenvalue weighted by Gasteiger charge is 2.13. The van der Waals surface area contributed by atoms with Crippen LogP contribution in [-0.2, 0) is 6.54 Å². The van der Waals surface area contributed by atoms with E-state index in [-0.39, 0.29) is 5.82 Å². The molecule has 0 spiro atoms. The van der Waals surface area contributed by atoms with Gasteiger partial charge in [-0.1, -0.05) is 24.3 Å². The first-order valence-corrected chi connectivity index (χ1v) is 9.03. The maximum absolute atomic E-state index is 13.3. The zero-order chi connectivity index (χ0) is 18.8. The standard InChI is InChI=1S/C23H21FN2O/c1-16-7-8-17(2)22(15-16)27-14-13-26-21-6-4-3-5-20(21)25-23(26)18-9-11-19(24)12-10-18/h3-12,15H,13-14H2,1-2H3. The number of imidazole rings is 1. The molecule has 0 saturated heterocycles. The van der Waals surface area contributed by atoms with Crippen molar-refractivity contribution in [2.24, 2.45) is 0 Å². The molecule has 3 nitrogen and oxygen atoms in total. The van der Waals surface area contributed by atoms with Crippen molar-refractivity contribution in [3.63, 3.8) is 0 Å². The second-order valence-electron chi connectivity index (χ2n) is 6.70. The number of nitrogens with zero attached hydrogens (tertiary/aromatic N) is 2. The van der Waals surface area contributed by atoms with E-state index in [0.717, 1.165) is 33.7 Å². The topological polar surface area (TPSA) is 27.1 Å². The lowest BCUT2D eigenvalue weighted by Crippen LogP contribution is -2.10. The van der Waals surface area contributed by atoms with Crippen LogP contribution in [0.4, 0.5) is 4.39 Å². The fourth-order valence-electron chi connectivity index (χ4n) is 3.23. The lowest BCUT2D eigenvalue weighted by Gasteiger charge is -2.13. The molecule has 0 aliphatic heterocycles. The number of fused-ring (bicyclic) bond motifs is 1. The van der Waals surface area contributed by atoms with Crippen molar-refractivity contribution in [1.29, 1.82) is 0 Å². The molecule has 0 fully saturated rings. The van der Waals surface area contributed by atoms with Gasteiger partial charge in [0, 0.05) is 5.56 Å². The van der Waals surface area contributed by atoms with Crippen molar-refractivity contribution in [3.05, 3.63) is 83.7 Å². The number of benzene rings is 3. The minimum Gasteiger partial charge on any atom is -0.491 e. The number of para-hydroxylation sites is 2. The van der Waals surface area contributed by atoms with E-state index in [1.54, 1.807) is 12.1 Å². The number of hydrogen-bond acceptors (Lipinski definition) is 2. The Bertz CT molecular complexity index is 1080. The maximum Gasteiger partial charge on any atom is 0.141 e. The van der Waals surface area contributed by atoms with Gasteiger partial charge in [0.1, 0.15) is 24.0 Å². The van der Waals surface area contributed by atoms with Gasteiger partial charge in [0.15, 0.2) is 0 Å². The van der Waals surface area contributed by atoms with E-state index in [1.807, 2.05) is 31.2 Å². The number of aryl methyl sites for hydroxylation is 2. The third-order valence-corrected chi connectivity index (χ3v) is 4.67. The fourth-order valence-corrected chi connectivity index (χ4v) is 3.23. The quantitative estimate of drug-likeness (QED) is 0.467. The predicted octanol–water partition coefficient (Wildman–Crippen LogP) is 5.54. The van der Waals surface area contributed by atoms with E-state index < -0.39 is 0 Å². The monoisotopic (exact) mass is 360 g/mol. The Morgan fingerprint density at radius 1 is 0.963 bits per heavy atom. The van der Waals surface area contributed by atoms with Crippen molar-refractivity contribution >= 4 is 11.0 Å². The highest BCUT2D eigenvalue weighted by atomic mass is 19.1. The summed E-state index contributed by atoms with van der Waals surface area (Å²) in [5.74, 6) is 1.48. The smallest absolute Gasteiger partial charge is 0.141 e. The lowest BCUT2D eigenvalue weighted by molar-refractivity contribution is 0.299. The molecule has 0 aliphatic carbocycles. The molecule has 0 atom stereocenters. The predicted molar refractivity (Wildman–Crippen MR) is 107 cm³/mol. The molecular weight excluding hydrogens is 339 g/mol. The third-order valence-electron chi connectivity index (χ3n) is 4.67. The molecule has 3 aromatic carbocycles. The number of aromatic nitrogens is 2. The largest absolute Gasteiger partial charge is 0.491 e. The average Bonchev–Trinajstić information content (AvgIpc) is 3.04.